The van der Waals surface area contributed by atoms with Crippen LogP contribution in [0, 0.1) is 5.92 Å². The van der Waals surface area contributed by atoms with Crippen molar-refractivity contribution in [2.24, 2.45) is 5.92 Å². The van der Waals surface area contributed by atoms with Crippen molar-refractivity contribution in [1.29, 1.82) is 0 Å². The molecular weight excluding hydrogens is 418 g/mol. The summed E-state index contributed by atoms with van der Waals surface area (Å²) in [4.78, 5) is 22.4. The number of Topliss-reactive ketones (excluding diaryl/α,β-unsaturated/α-hetero) is 1. The van der Waals surface area contributed by atoms with Crippen molar-refractivity contribution in [1.82, 2.24) is 5.32 Å². The first kappa shape index (κ1) is 33.1. The van der Waals surface area contributed by atoms with Gasteiger partial charge in [-0.25, -0.2) is 0 Å². The normalized spacial score (nSPS) is 10.7. The lowest BCUT2D eigenvalue weighted by molar-refractivity contribution is -0.124. The van der Waals surface area contributed by atoms with Gasteiger partial charge in [-0.15, -0.1) is 0 Å². The van der Waals surface area contributed by atoms with Gasteiger partial charge in [0, 0.05) is 25.3 Å². The van der Waals surface area contributed by atoms with Crippen molar-refractivity contribution < 1.29 is 38.0 Å². The first-order valence-corrected chi connectivity index (χ1v) is 11.8. The molecule has 0 heterocycles. The third kappa shape index (κ3) is 26.9. The zero-order valence-corrected chi connectivity index (χ0v) is 20.9. The quantitative estimate of drug-likeness (QED) is 0.229. The largest absolute Gasteiger partial charge is 0.379 e. The van der Waals surface area contributed by atoms with Crippen molar-refractivity contribution in [3.63, 3.8) is 0 Å². The summed E-state index contributed by atoms with van der Waals surface area (Å²) in [5.74, 6) is 0.241. The molecule has 0 spiro atoms. The van der Waals surface area contributed by atoms with Crippen molar-refractivity contribution >= 4 is 11.7 Å². The van der Waals surface area contributed by atoms with Crippen LogP contribution in [0.2, 0.25) is 0 Å². The molecule has 192 valence electrons. The van der Waals surface area contributed by atoms with Crippen LogP contribution in [0.1, 0.15) is 47.5 Å². The maximum absolute atomic E-state index is 11.3. The lowest BCUT2D eigenvalue weighted by Gasteiger charge is -2.09. The molecule has 0 atom stereocenters. The van der Waals surface area contributed by atoms with Crippen LogP contribution >= 0.6 is 0 Å². The number of nitrogens with one attached hydrogen (secondary N) is 1. The van der Waals surface area contributed by atoms with Crippen LogP contribution in [0.25, 0.3) is 0 Å². The minimum atomic E-state index is -0.00744. The number of rotatable bonds is 23. The highest BCUT2D eigenvalue weighted by Crippen LogP contribution is 1.91. The van der Waals surface area contributed by atoms with Gasteiger partial charge in [-0.2, -0.15) is 0 Å². The molecule has 0 rings (SSSR count). The fourth-order valence-electron chi connectivity index (χ4n) is 2.01. The number of hydrogen-bond donors (Lipinski definition) is 1. The van der Waals surface area contributed by atoms with Crippen LogP contribution in [0.4, 0.5) is 0 Å². The minimum absolute atomic E-state index is 0.00744. The fraction of sp³-hybridized carbons (Fsp3) is 0.913. The van der Waals surface area contributed by atoms with E-state index < -0.39 is 0 Å². The zero-order valence-electron chi connectivity index (χ0n) is 20.9. The average molecular weight is 466 g/mol. The number of hydrogen-bond acceptors (Lipinski definition) is 8. The Bertz CT molecular complexity index is 407. The van der Waals surface area contributed by atoms with Gasteiger partial charge in [0.05, 0.1) is 79.3 Å². The molecule has 0 fully saturated rings. The summed E-state index contributed by atoms with van der Waals surface area (Å²) in [7, 11) is 0. The van der Waals surface area contributed by atoms with E-state index in [2.05, 4.69) is 5.32 Å². The maximum Gasteiger partial charge on any atom is 0.222 e. The standard InChI is InChI=1S/C21H41NO8.C2H6/c1-4-20(23)5-7-25-9-11-27-13-15-29-17-18-30-16-14-28-12-10-26-8-6-22-21(24)19(2)3;1-2/h19H,4-18H2,1-3H3,(H,22,24);1-2H3. The lowest BCUT2D eigenvalue weighted by Crippen LogP contribution is -2.31. The highest BCUT2D eigenvalue weighted by molar-refractivity contribution is 5.78. The summed E-state index contributed by atoms with van der Waals surface area (Å²) in [5, 5.41) is 2.78. The van der Waals surface area contributed by atoms with Crippen LogP contribution in [0.15, 0.2) is 0 Å². The van der Waals surface area contributed by atoms with Gasteiger partial charge in [0.25, 0.3) is 0 Å². The van der Waals surface area contributed by atoms with Gasteiger partial charge in [0.1, 0.15) is 5.78 Å². The molecule has 0 aliphatic carbocycles. The molecule has 0 bridgehead atoms. The monoisotopic (exact) mass is 465 g/mol. The van der Waals surface area contributed by atoms with Crippen molar-refractivity contribution in [2.75, 3.05) is 85.8 Å². The van der Waals surface area contributed by atoms with E-state index in [1.807, 2.05) is 34.6 Å². The Balaban J connectivity index is 0. The molecule has 9 nitrogen and oxygen atoms in total. The molecule has 0 saturated carbocycles. The Labute approximate surface area is 194 Å². The molecule has 0 saturated heterocycles. The zero-order chi connectivity index (χ0) is 24.3. The number of carbonyl (C=O) groups is 2. The minimum Gasteiger partial charge on any atom is -0.379 e. The number of carbonyl (C=O) groups excluding carboxylic acids is 2. The molecule has 1 N–H and O–H groups in total. The topological polar surface area (TPSA) is 102 Å². The molecule has 0 aromatic rings. The third-order valence-electron chi connectivity index (χ3n) is 3.85. The van der Waals surface area contributed by atoms with E-state index in [9.17, 15) is 9.59 Å². The molecule has 0 radical (unpaired) electrons. The summed E-state index contributed by atoms with van der Waals surface area (Å²) in [5.41, 5.74) is 0. The average Bonchev–Trinajstić information content (AvgIpc) is 2.80. The van der Waals surface area contributed by atoms with Gasteiger partial charge in [0.2, 0.25) is 5.91 Å². The van der Waals surface area contributed by atoms with E-state index in [1.165, 1.54) is 0 Å². The second kappa shape index (κ2) is 27.9. The van der Waals surface area contributed by atoms with E-state index in [4.69, 9.17) is 28.4 Å². The predicted molar refractivity (Wildman–Crippen MR) is 124 cm³/mol. The predicted octanol–water partition coefficient (Wildman–Crippen LogP) is 2.25. The maximum atomic E-state index is 11.3. The van der Waals surface area contributed by atoms with Crippen LogP contribution in [0.3, 0.4) is 0 Å². The Morgan fingerprint density at radius 3 is 1.31 bits per heavy atom. The van der Waals surface area contributed by atoms with Gasteiger partial charge < -0.3 is 33.7 Å². The molecule has 0 aliphatic heterocycles. The summed E-state index contributed by atoms with van der Waals surface area (Å²) in [6.45, 7) is 16.0. The Hall–Kier alpha value is -1.10. The van der Waals surface area contributed by atoms with E-state index in [-0.39, 0.29) is 17.6 Å². The highest BCUT2D eigenvalue weighted by Gasteiger charge is 2.04. The van der Waals surface area contributed by atoms with Crippen LogP contribution in [0.5, 0.6) is 0 Å². The van der Waals surface area contributed by atoms with E-state index >= 15 is 0 Å². The summed E-state index contributed by atoms with van der Waals surface area (Å²) in [6.07, 6.45) is 1.03. The molecule has 0 aromatic carbocycles. The number of amides is 1. The van der Waals surface area contributed by atoms with Gasteiger partial charge in [-0.3, -0.25) is 9.59 Å². The van der Waals surface area contributed by atoms with Crippen LogP contribution in [-0.4, -0.2) is 97.5 Å². The Morgan fingerprint density at radius 2 is 0.969 bits per heavy atom. The smallest absolute Gasteiger partial charge is 0.222 e. The molecule has 0 aliphatic rings. The Morgan fingerprint density at radius 1 is 0.625 bits per heavy atom. The molecular formula is C23H47NO8. The number of ketones is 1. The fourth-order valence-corrected chi connectivity index (χ4v) is 2.01. The van der Waals surface area contributed by atoms with Crippen molar-refractivity contribution in [2.45, 2.75) is 47.5 Å². The van der Waals surface area contributed by atoms with Gasteiger partial charge in [-0.1, -0.05) is 34.6 Å². The van der Waals surface area contributed by atoms with Gasteiger partial charge in [0.15, 0.2) is 0 Å². The number of ether oxygens (including phenoxy) is 6. The van der Waals surface area contributed by atoms with E-state index in [0.717, 1.165) is 0 Å². The van der Waals surface area contributed by atoms with Gasteiger partial charge in [-0.05, 0) is 0 Å². The summed E-state index contributed by atoms with van der Waals surface area (Å²) in [6, 6.07) is 0. The third-order valence-corrected chi connectivity index (χ3v) is 3.85. The Kier molecular flexibility index (Phi) is 28.9. The summed E-state index contributed by atoms with van der Waals surface area (Å²) < 4.78 is 32.2. The summed E-state index contributed by atoms with van der Waals surface area (Å²) >= 11 is 0. The van der Waals surface area contributed by atoms with Crippen LogP contribution in [-0.2, 0) is 38.0 Å². The molecule has 0 aromatic heterocycles. The van der Waals surface area contributed by atoms with Crippen molar-refractivity contribution in [3.05, 3.63) is 0 Å². The molecule has 0 unspecified atom stereocenters. The molecule has 32 heavy (non-hydrogen) atoms. The van der Waals surface area contributed by atoms with E-state index in [1.54, 1.807) is 0 Å². The second-order valence-electron chi connectivity index (χ2n) is 6.76. The van der Waals surface area contributed by atoms with Crippen LogP contribution < -0.4 is 5.32 Å². The van der Waals surface area contributed by atoms with E-state index in [0.29, 0.717) is 98.7 Å². The molecule has 9 heteroatoms. The van der Waals surface area contributed by atoms with Gasteiger partial charge >= 0.3 is 0 Å². The second-order valence-corrected chi connectivity index (χ2v) is 6.76. The molecule has 1 amide bonds. The lowest BCUT2D eigenvalue weighted by atomic mass is 10.2. The highest BCUT2D eigenvalue weighted by atomic mass is 16.6. The van der Waals surface area contributed by atoms with Crippen molar-refractivity contribution in [3.8, 4) is 0 Å². The SMILES string of the molecule is CC.CCC(=O)CCOCCOCCOCCOCCOCCOCCNC(=O)C(C)C. The first-order valence-electron chi connectivity index (χ1n) is 11.8. The first-order chi connectivity index (χ1) is 15.6.